The molecule has 1 heterocycles. The summed E-state index contributed by atoms with van der Waals surface area (Å²) in [6, 6.07) is 13.4. The molecule has 2 aromatic rings. The van der Waals surface area contributed by atoms with Gasteiger partial charge in [-0.2, -0.15) is 0 Å². The van der Waals surface area contributed by atoms with Crippen molar-refractivity contribution < 1.29 is 9.59 Å². The van der Waals surface area contributed by atoms with Crippen LogP contribution >= 0.6 is 0 Å². The molecule has 0 saturated carbocycles. The molecule has 0 unspecified atom stereocenters. The molecule has 6 nitrogen and oxygen atoms in total. The lowest BCUT2D eigenvalue weighted by Crippen LogP contribution is -2.41. The van der Waals surface area contributed by atoms with Gasteiger partial charge in [0.25, 0.3) is 5.91 Å². The quantitative estimate of drug-likeness (QED) is 0.761. The summed E-state index contributed by atoms with van der Waals surface area (Å²) in [6.07, 6.45) is 2.56. The number of nitrogens with two attached hydrogens (primary N) is 1. The Morgan fingerprint density at radius 2 is 1.92 bits per heavy atom. The fraction of sp³-hybridized carbons (Fsp3) is 0.333. The Balaban J connectivity index is 1.93. The zero-order chi connectivity index (χ0) is 17.4. The predicted octanol–water partition coefficient (Wildman–Crippen LogP) is 1.13. The second-order valence-electron chi connectivity index (χ2n) is 5.72. The summed E-state index contributed by atoms with van der Waals surface area (Å²) in [4.78, 5) is 26.3. The molecule has 0 bridgehead atoms. The first-order valence-electron chi connectivity index (χ1n) is 8.02. The van der Waals surface area contributed by atoms with Crippen molar-refractivity contribution in [3.63, 3.8) is 0 Å². The normalized spacial score (nSPS) is 10.8. The zero-order valence-corrected chi connectivity index (χ0v) is 13.9. The second-order valence-corrected chi connectivity index (χ2v) is 5.72. The van der Waals surface area contributed by atoms with Crippen LogP contribution in [0.4, 0.5) is 0 Å². The number of amides is 2. The molecule has 1 aromatic carbocycles. The number of hydrogen-bond donors (Lipinski definition) is 2. The summed E-state index contributed by atoms with van der Waals surface area (Å²) in [5, 5.41) is 2.44. The van der Waals surface area contributed by atoms with Gasteiger partial charge in [0.15, 0.2) is 0 Å². The Morgan fingerprint density at radius 1 is 1.17 bits per heavy atom. The van der Waals surface area contributed by atoms with Crippen LogP contribution in [0, 0.1) is 0 Å². The van der Waals surface area contributed by atoms with Crippen molar-refractivity contribution in [1.82, 2.24) is 14.8 Å². The van der Waals surface area contributed by atoms with E-state index in [9.17, 15) is 9.59 Å². The summed E-state index contributed by atoms with van der Waals surface area (Å²) in [5.41, 5.74) is 7.16. The number of hydrogen-bond acceptors (Lipinski definition) is 4. The highest BCUT2D eigenvalue weighted by atomic mass is 16.2. The van der Waals surface area contributed by atoms with Gasteiger partial charge in [0.05, 0.1) is 6.54 Å². The lowest BCUT2D eigenvalue weighted by Gasteiger charge is -2.21. The third-order valence-corrected chi connectivity index (χ3v) is 3.72. The maximum Gasteiger partial charge on any atom is 0.274 e. The topological polar surface area (TPSA) is 80.4 Å². The molecule has 3 N–H and O–H groups in total. The molecule has 0 aliphatic carbocycles. The van der Waals surface area contributed by atoms with E-state index in [0.717, 1.165) is 12.0 Å². The van der Waals surface area contributed by atoms with Crippen molar-refractivity contribution in [1.29, 1.82) is 0 Å². The first-order valence-corrected chi connectivity index (χ1v) is 8.02. The standard InChI is InChI=1S/C18H24N4O2/c1-21-11-5-9-16(21)18(24)20-17(23)14-22(12-6-10-19)13-15-7-3-2-4-8-15/h2-5,7-9,11H,6,10,12-14,19H2,1H3,(H,20,23,24). The van der Waals surface area contributed by atoms with E-state index in [1.54, 1.807) is 29.9 Å². The van der Waals surface area contributed by atoms with E-state index in [2.05, 4.69) is 5.32 Å². The molecule has 0 aliphatic rings. The molecule has 24 heavy (non-hydrogen) atoms. The molecule has 0 saturated heterocycles. The van der Waals surface area contributed by atoms with Crippen LogP contribution in [-0.2, 0) is 18.4 Å². The van der Waals surface area contributed by atoms with Crippen LogP contribution in [0.1, 0.15) is 22.5 Å². The SMILES string of the molecule is Cn1cccc1C(=O)NC(=O)CN(CCCN)Cc1ccccc1. The van der Waals surface area contributed by atoms with E-state index in [0.29, 0.717) is 25.3 Å². The summed E-state index contributed by atoms with van der Waals surface area (Å²) in [6.45, 7) is 2.07. The van der Waals surface area contributed by atoms with Crippen molar-refractivity contribution in [2.24, 2.45) is 12.8 Å². The molecule has 2 rings (SSSR count). The summed E-state index contributed by atoms with van der Waals surface area (Å²) in [7, 11) is 1.77. The van der Waals surface area contributed by atoms with Crippen LogP contribution in [0.25, 0.3) is 0 Å². The molecule has 128 valence electrons. The van der Waals surface area contributed by atoms with Crippen LogP contribution in [-0.4, -0.2) is 40.9 Å². The van der Waals surface area contributed by atoms with Gasteiger partial charge in [0, 0.05) is 26.3 Å². The molecule has 0 fully saturated rings. The highest BCUT2D eigenvalue weighted by Gasteiger charge is 2.16. The monoisotopic (exact) mass is 328 g/mol. The first-order chi connectivity index (χ1) is 11.6. The van der Waals surface area contributed by atoms with Crippen molar-refractivity contribution in [2.45, 2.75) is 13.0 Å². The van der Waals surface area contributed by atoms with Crippen molar-refractivity contribution >= 4 is 11.8 Å². The van der Waals surface area contributed by atoms with E-state index < -0.39 is 0 Å². The molecule has 2 amide bonds. The minimum atomic E-state index is -0.383. The average molecular weight is 328 g/mol. The van der Waals surface area contributed by atoms with Gasteiger partial charge in [-0.3, -0.25) is 19.8 Å². The summed E-state index contributed by atoms with van der Waals surface area (Å²) < 4.78 is 1.68. The summed E-state index contributed by atoms with van der Waals surface area (Å²) in [5.74, 6) is -0.694. The van der Waals surface area contributed by atoms with E-state index in [-0.39, 0.29) is 18.4 Å². The second kappa shape index (κ2) is 9.00. The van der Waals surface area contributed by atoms with E-state index >= 15 is 0 Å². The Labute approximate surface area is 142 Å². The Kier molecular flexibility index (Phi) is 6.72. The fourth-order valence-corrected chi connectivity index (χ4v) is 2.50. The first kappa shape index (κ1) is 17.9. The van der Waals surface area contributed by atoms with E-state index in [1.165, 1.54) is 0 Å². The summed E-state index contributed by atoms with van der Waals surface area (Å²) >= 11 is 0. The van der Waals surface area contributed by atoms with Crippen LogP contribution in [0.2, 0.25) is 0 Å². The van der Waals surface area contributed by atoms with Gasteiger partial charge in [0.2, 0.25) is 5.91 Å². The molecule has 0 spiro atoms. The van der Waals surface area contributed by atoms with Gasteiger partial charge >= 0.3 is 0 Å². The average Bonchev–Trinajstić information content (AvgIpc) is 2.99. The molecule has 0 atom stereocenters. The molecule has 0 aliphatic heterocycles. The number of carbonyl (C=O) groups is 2. The van der Waals surface area contributed by atoms with E-state index in [4.69, 9.17) is 5.73 Å². The Bertz CT molecular complexity index is 667. The Morgan fingerprint density at radius 3 is 2.54 bits per heavy atom. The van der Waals surface area contributed by atoms with Gasteiger partial charge < -0.3 is 10.3 Å². The van der Waals surface area contributed by atoms with Crippen LogP contribution in [0.5, 0.6) is 0 Å². The third kappa shape index (κ3) is 5.33. The van der Waals surface area contributed by atoms with Gasteiger partial charge in [0.1, 0.15) is 5.69 Å². The number of rotatable bonds is 8. The highest BCUT2D eigenvalue weighted by molar-refractivity contribution is 6.04. The van der Waals surface area contributed by atoms with Gasteiger partial charge in [-0.1, -0.05) is 30.3 Å². The maximum atomic E-state index is 12.2. The zero-order valence-electron chi connectivity index (χ0n) is 13.9. The van der Waals surface area contributed by atoms with Crippen molar-refractivity contribution in [3.8, 4) is 0 Å². The number of nitrogens with zero attached hydrogens (tertiary/aromatic N) is 2. The molecule has 1 aromatic heterocycles. The molecular weight excluding hydrogens is 304 g/mol. The number of carbonyl (C=O) groups excluding carboxylic acids is 2. The lowest BCUT2D eigenvalue weighted by atomic mass is 10.2. The van der Waals surface area contributed by atoms with Gasteiger partial charge in [-0.05, 0) is 30.7 Å². The predicted molar refractivity (Wildman–Crippen MR) is 93.3 cm³/mol. The van der Waals surface area contributed by atoms with Crippen molar-refractivity contribution in [2.75, 3.05) is 19.6 Å². The number of benzene rings is 1. The molecule has 0 radical (unpaired) electrons. The number of aromatic nitrogens is 1. The maximum absolute atomic E-state index is 12.2. The lowest BCUT2D eigenvalue weighted by molar-refractivity contribution is -0.121. The van der Waals surface area contributed by atoms with Crippen LogP contribution in [0.3, 0.4) is 0 Å². The molecular formula is C18H24N4O2. The smallest absolute Gasteiger partial charge is 0.274 e. The number of nitrogens with one attached hydrogen (secondary N) is 1. The van der Waals surface area contributed by atoms with Gasteiger partial charge in [-0.15, -0.1) is 0 Å². The minimum Gasteiger partial charge on any atom is -0.347 e. The van der Waals surface area contributed by atoms with Crippen LogP contribution in [0.15, 0.2) is 48.7 Å². The van der Waals surface area contributed by atoms with Crippen LogP contribution < -0.4 is 11.1 Å². The largest absolute Gasteiger partial charge is 0.347 e. The number of imide groups is 1. The minimum absolute atomic E-state index is 0.158. The fourth-order valence-electron chi connectivity index (χ4n) is 2.50. The van der Waals surface area contributed by atoms with Gasteiger partial charge in [-0.25, -0.2) is 0 Å². The number of aryl methyl sites for hydroxylation is 1. The van der Waals surface area contributed by atoms with Crippen molar-refractivity contribution in [3.05, 3.63) is 59.9 Å². The highest BCUT2D eigenvalue weighted by Crippen LogP contribution is 2.05. The molecule has 6 heteroatoms. The van der Waals surface area contributed by atoms with E-state index in [1.807, 2.05) is 35.2 Å². The third-order valence-electron chi connectivity index (χ3n) is 3.72. The Hall–Kier alpha value is -2.44.